The van der Waals surface area contributed by atoms with Gasteiger partial charge in [0.1, 0.15) is 0 Å². The average Bonchev–Trinajstić information content (AvgIpc) is 2.54. The minimum Gasteiger partial charge on any atom is -0.478 e. The number of aromatic carboxylic acids is 1. The molecule has 2 N–H and O–H groups in total. The molecule has 0 amide bonds. The van der Waals surface area contributed by atoms with Gasteiger partial charge in [-0.1, -0.05) is 0 Å². The fourth-order valence-corrected chi connectivity index (χ4v) is 5.80. The van der Waals surface area contributed by atoms with Gasteiger partial charge in [0.05, 0.1) is 28.4 Å². The summed E-state index contributed by atoms with van der Waals surface area (Å²) in [5.41, 5.74) is 0.111. The first-order chi connectivity index (χ1) is 8.78. The number of carbonyl (C=O) groups is 1. The predicted octanol–water partition coefficient (Wildman–Crippen LogP) is 1.40. The lowest BCUT2D eigenvalue weighted by Gasteiger charge is -2.12. The zero-order valence-electron chi connectivity index (χ0n) is 9.61. The van der Waals surface area contributed by atoms with Gasteiger partial charge in [-0.25, -0.2) is 13.2 Å². The monoisotopic (exact) mass is 366 g/mol. The summed E-state index contributed by atoms with van der Waals surface area (Å²) in [6.07, 6.45) is -0.910. The third-order valence-corrected chi connectivity index (χ3v) is 6.66. The average molecular weight is 367 g/mol. The Morgan fingerprint density at radius 3 is 2.58 bits per heavy atom. The van der Waals surface area contributed by atoms with Gasteiger partial charge >= 0.3 is 5.97 Å². The Balaban J connectivity index is 2.21. The van der Waals surface area contributed by atoms with Gasteiger partial charge in [0.25, 0.3) is 0 Å². The predicted molar refractivity (Wildman–Crippen MR) is 75.4 cm³/mol. The highest BCUT2D eigenvalue weighted by molar-refractivity contribution is 9.10. The van der Waals surface area contributed by atoms with Crippen molar-refractivity contribution in [2.45, 2.75) is 16.2 Å². The summed E-state index contributed by atoms with van der Waals surface area (Å²) in [5, 5.41) is 18.2. The second-order valence-electron chi connectivity index (χ2n) is 4.25. The molecule has 5 nitrogen and oxygen atoms in total. The van der Waals surface area contributed by atoms with E-state index >= 15 is 0 Å². The van der Waals surface area contributed by atoms with Gasteiger partial charge < -0.3 is 10.2 Å². The van der Waals surface area contributed by atoms with Crippen molar-refractivity contribution in [2.75, 3.05) is 11.5 Å². The van der Waals surface area contributed by atoms with Crippen LogP contribution in [-0.4, -0.2) is 47.5 Å². The van der Waals surface area contributed by atoms with Gasteiger partial charge in [0, 0.05) is 9.37 Å². The van der Waals surface area contributed by atoms with Gasteiger partial charge in [-0.05, 0) is 34.1 Å². The maximum atomic E-state index is 11.4. The Kier molecular flexibility index (Phi) is 4.24. The third-order valence-electron chi connectivity index (χ3n) is 2.73. The molecular weight excluding hydrogens is 356 g/mol. The number of aliphatic hydroxyl groups is 1. The van der Waals surface area contributed by atoms with E-state index in [0.717, 1.165) is 0 Å². The van der Waals surface area contributed by atoms with E-state index in [2.05, 4.69) is 15.9 Å². The van der Waals surface area contributed by atoms with Crippen molar-refractivity contribution in [3.8, 4) is 0 Å². The molecule has 1 aromatic carbocycles. The summed E-state index contributed by atoms with van der Waals surface area (Å²) in [7, 11) is -3.20. The molecule has 0 spiro atoms. The quantitative estimate of drug-likeness (QED) is 0.839. The standard InChI is InChI=1S/C11H11BrO5S2/c12-8-2-1-6(3-7(8)11(14)15)18-10-5-19(16,17)4-9(10)13/h1-3,9-10,13H,4-5H2,(H,14,15). The minimum atomic E-state index is -3.20. The van der Waals surface area contributed by atoms with Crippen LogP contribution in [0.2, 0.25) is 0 Å². The molecule has 2 rings (SSSR count). The van der Waals surface area contributed by atoms with E-state index in [1.807, 2.05) is 0 Å². The van der Waals surface area contributed by atoms with Gasteiger partial charge in [-0.2, -0.15) is 0 Å². The Morgan fingerprint density at radius 2 is 2.05 bits per heavy atom. The number of aliphatic hydroxyl groups excluding tert-OH is 1. The number of benzene rings is 1. The smallest absolute Gasteiger partial charge is 0.336 e. The maximum absolute atomic E-state index is 11.4. The van der Waals surface area contributed by atoms with Crippen molar-refractivity contribution in [3.05, 3.63) is 28.2 Å². The molecule has 19 heavy (non-hydrogen) atoms. The molecule has 8 heteroatoms. The molecule has 1 heterocycles. The molecular formula is C11H11BrO5S2. The van der Waals surface area contributed by atoms with Gasteiger partial charge in [-0.15, -0.1) is 11.8 Å². The van der Waals surface area contributed by atoms with E-state index in [-0.39, 0.29) is 17.1 Å². The highest BCUT2D eigenvalue weighted by Crippen LogP contribution is 2.33. The van der Waals surface area contributed by atoms with Crippen molar-refractivity contribution >= 4 is 43.5 Å². The van der Waals surface area contributed by atoms with E-state index in [1.54, 1.807) is 12.1 Å². The fraction of sp³-hybridized carbons (Fsp3) is 0.364. The van der Waals surface area contributed by atoms with Gasteiger partial charge in [-0.3, -0.25) is 0 Å². The van der Waals surface area contributed by atoms with E-state index in [1.165, 1.54) is 17.8 Å². The van der Waals surface area contributed by atoms with Crippen LogP contribution < -0.4 is 0 Å². The van der Waals surface area contributed by atoms with Crippen LogP contribution in [0, 0.1) is 0 Å². The van der Waals surface area contributed by atoms with Crippen molar-refractivity contribution in [2.24, 2.45) is 0 Å². The summed E-state index contributed by atoms with van der Waals surface area (Å²) >= 11 is 4.33. The van der Waals surface area contributed by atoms with Crippen LogP contribution in [0.15, 0.2) is 27.6 Å². The molecule has 0 radical (unpaired) electrons. The fourth-order valence-electron chi connectivity index (χ4n) is 1.83. The van der Waals surface area contributed by atoms with Crippen molar-refractivity contribution < 1.29 is 23.4 Å². The maximum Gasteiger partial charge on any atom is 0.336 e. The summed E-state index contributed by atoms with van der Waals surface area (Å²) in [5.74, 6) is -1.38. The zero-order valence-corrected chi connectivity index (χ0v) is 12.8. The zero-order chi connectivity index (χ0) is 14.2. The Bertz CT molecular complexity index is 614. The molecule has 2 unspecified atom stereocenters. The molecule has 1 saturated heterocycles. The van der Waals surface area contributed by atoms with Crippen LogP contribution in [-0.2, 0) is 9.84 Å². The lowest BCUT2D eigenvalue weighted by atomic mass is 10.2. The number of halogens is 1. The van der Waals surface area contributed by atoms with Gasteiger partial charge in [0.15, 0.2) is 9.84 Å². The van der Waals surface area contributed by atoms with Crippen LogP contribution in [0.1, 0.15) is 10.4 Å². The first-order valence-corrected chi connectivity index (χ1v) is 8.86. The SMILES string of the molecule is O=C(O)c1cc(SC2CS(=O)(=O)CC2O)ccc1Br. The second kappa shape index (κ2) is 5.43. The van der Waals surface area contributed by atoms with E-state index < -0.39 is 27.2 Å². The molecule has 1 aromatic rings. The first kappa shape index (κ1) is 14.8. The lowest BCUT2D eigenvalue weighted by Crippen LogP contribution is -2.19. The normalized spacial score (nSPS) is 25.4. The summed E-state index contributed by atoms with van der Waals surface area (Å²) in [6, 6.07) is 4.76. The third kappa shape index (κ3) is 3.50. The number of hydrogen-bond donors (Lipinski definition) is 2. The number of rotatable bonds is 3. The molecule has 2 atom stereocenters. The molecule has 0 aromatic heterocycles. The first-order valence-electron chi connectivity index (χ1n) is 5.36. The molecule has 104 valence electrons. The van der Waals surface area contributed by atoms with Crippen LogP contribution in [0.4, 0.5) is 0 Å². The van der Waals surface area contributed by atoms with E-state index in [9.17, 15) is 18.3 Å². The van der Waals surface area contributed by atoms with Crippen LogP contribution in [0.5, 0.6) is 0 Å². The van der Waals surface area contributed by atoms with Crippen LogP contribution in [0.25, 0.3) is 0 Å². The highest BCUT2D eigenvalue weighted by Gasteiger charge is 2.37. The molecule has 1 aliphatic heterocycles. The Morgan fingerprint density at radius 1 is 1.37 bits per heavy atom. The number of thioether (sulfide) groups is 1. The van der Waals surface area contributed by atoms with Crippen molar-refractivity contribution in [3.63, 3.8) is 0 Å². The number of carboxylic acid groups (broad SMARTS) is 1. The minimum absolute atomic E-state index is 0.0860. The highest BCUT2D eigenvalue weighted by atomic mass is 79.9. The van der Waals surface area contributed by atoms with E-state index in [4.69, 9.17) is 5.11 Å². The van der Waals surface area contributed by atoms with E-state index in [0.29, 0.717) is 9.37 Å². The van der Waals surface area contributed by atoms with Gasteiger partial charge in [0.2, 0.25) is 0 Å². The molecule has 1 aliphatic rings. The second-order valence-corrected chi connectivity index (χ2v) is 8.57. The number of hydrogen-bond acceptors (Lipinski definition) is 5. The van der Waals surface area contributed by atoms with Crippen LogP contribution >= 0.6 is 27.7 Å². The Hall–Kier alpha value is -0.570. The lowest BCUT2D eigenvalue weighted by molar-refractivity contribution is 0.0695. The molecule has 0 saturated carbocycles. The molecule has 1 fully saturated rings. The topological polar surface area (TPSA) is 91.7 Å². The largest absolute Gasteiger partial charge is 0.478 e. The summed E-state index contributed by atoms with van der Waals surface area (Å²) in [6.45, 7) is 0. The number of sulfone groups is 1. The molecule has 0 aliphatic carbocycles. The Labute approximate surface area is 123 Å². The summed E-state index contributed by atoms with van der Waals surface area (Å²) in [4.78, 5) is 11.6. The van der Waals surface area contributed by atoms with Crippen molar-refractivity contribution in [1.82, 2.24) is 0 Å². The van der Waals surface area contributed by atoms with Crippen molar-refractivity contribution in [1.29, 1.82) is 0 Å². The summed E-state index contributed by atoms with van der Waals surface area (Å²) < 4.78 is 23.3. The van der Waals surface area contributed by atoms with Crippen LogP contribution in [0.3, 0.4) is 0 Å². The number of carboxylic acids is 1. The molecule has 0 bridgehead atoms.